The van der Waals surface area contributed by atoms with Gasteiger partial charge in [-0.3, -0.25) is 4.90 Å². The maximum absolute atomic E-state index is 13.5. The summed E-state index contributed by atoms with van der Waals surface area (Å²) in [6.07, 6.45) is 9.37. The van der Waals surface area contributed by atoms with Crippen LogP contribution in [-0.4, -0.2) is 56.9 Å². The van der Waals surface area contributed by atoms with Crippen molar-refractivity contribution in [2.75, 3.05) is 31.1 Å². The SMILES string of the molecule is Cc1c(/C=C/CN2CCN(c3cc(F)cc(F)c3)CC2C)cnn1-c1ncccn1. The molecular weight excluding hydrogens is 386 g/mol. The van der Waals surface area contributed by atoms with E-state index in [2.05, 4.69) is 39.0 Å². The van der Waals surface area contributed by atoms with Gasteiger partial charge in [-0.25, -0.2) is 23.4 Å². The molecule has 1 aliphatic heterocycles. The van der Waals surface area contributed by atoms with Crippen LogP contribution in [0.5, 0.6) is 0 Å². The number of piperazine rings is 1. The molecule has 6 nitrogen and oxygen atoms in total. The second kappa shape index (κ2) is 8.71. The average Bonchev–Trinajstić information content (AvgIpc) is 3.09. The molecule has 0 spiro atoms. The highest BCUT2D eigenvalue weighted by atomic mass is 19.1. The number of rotatable bonds is 5. The van der Waals surface area contributed by atoms with Crippen LogP contribution in [0.2, 0.25) is 0 Å². The fourth-order valence-corrected chi connectivity index (χ4v) is 3.73. The topological polar surface area (TPSA) is 50.1 Å². The van der Waals surface area contributed by atoms with Crippen molar-refractivity contribution in [3.05, 3.63) is 71.8 Å². The largest absolute Gasteiger partial charge is 0.369 e. The minimum atomic E-state index is -0.542. The lowest BCUT2D eigenvalue weighted by atomic mass is 10.1. The van der Waals surface area contributed by atoms with Crippen molar-refractivity contribution < 1.29 is 8.78 Å². The minimum Gasteiger partial charge on any atom is -0.369 e. The van der Waals surface area contributed by atoms with Crippen molar-refractivity contribution in [3.8, 4) is 5.95 Å². The van der Waals surface area contributed by atoms with Gasteiger partial charge in [0.15, 0.2) is 0 Å². The third kappa shape index (κ3) is 4.38. The zero-order valence-electron chi connectivity index (χ0n) is 17.0. The second-order valence-corrected chi connectivity index (χ2v) is 7.47. The number of benzene rings is 1. The van der Waals surface area contributed by atoms with E-state index in [0.717, 1.165) is 43.5 Å². The maximum Gasteiger partial charge on any atom is 0.250 e. The molecule has 0 bridgehead atoms. The monoisotopic (exact) mass is 410 g/mol. The first-order valence-corrected chi connectivity index (χ1v) is 9.95. The summed E-state index contributed by atoms with van der Waals surface area (Å²) in [5, 5.41) is 4.38. The molecule has 2 aromatic heterocycles. The summed E-state index contributed by atoms with van der Waals surface area (Å²) >= 11 is 0. The molecule has 0 saturated carbocycles. The van der Waals surface area contributed by atoms with Gasteiger partial charge in [-0.05, 0) is 32.0 Å². The molecule has 0 radical (unpaired) electrons. The summed E-state index contributed by atoms with van der Waals surface area (Å²) in [6, 6.07) is 5.72. The molecule has 1 saturated heterocycles. The molecule has 1 unspecified atom stereocenters. The molecular formula is C22H24F2N6. The van der Waals surface area contributed by atoms with E-state index in [0.29, 0.717) is 11.6 Å². The number of anilines is 1. The Morgan fingerprint density at radius 3 is 2.53 bits per heavy atom. The highest BCUT2D eigenvalue weighted by Gasteiger charge is 2.23. The highest BCUT2D eigenvalue weighted by Crippen LogP contribution is 2.22. The molecule has 3 aromatic rings. The number of hydrogen-bond acceptors (Lipinski definition) is 5. The molecule has 0 N–H and O–H groups in total. The minimum absolute atomic E-state index is 0.260. The number of nitrogens with zero attached hydrogens (tertiary/aromatic N) is 6. The van der Waals surface area contributed by atoms with Crippen LogP contribution in [0.4, 0.5) is 14.5 Å². The van der Waals surface area contributed by atoms with Crippen LogP contribution in [0.15, 0.2) is 48.9 Å². The van der Waals surface area contributed by atoms with Gasteiger partial charge in [0.1, 0.15) is 11.6 Å². The van der Waals surface area contributed by atoms with Gasteiger partial charge >= 0.3 is 0 Å². The Kier molecular flexibility index (Phi) is 5.85. The van der Waals surface area contributed by atoms with Gasteiger partial charge in [0, 0.05) is 61.9 Å². The lowest BCUT2D eigenvalue weighted by molar-refractivity contribution is 0.210. The molecule has 1 atom stereocenters. The quantitative estimate of drug-likeness (QED) is 0.645. The third-order valence-electron chi connectivity index (χ3n) is 5.40. The fourth-order valence-electron chi connectivity index (χ4n) is 3.73. The predicted octanol–water partition coefficient (Wildman–Crippen LogP) is 3.47. The zero-order valence-corrected chi connectivity index (χ0v) is 17.0. The molecule has 4 rings (SSSR count). The van der Waals surface area contributed by atoms with Crippen LogP contribution in [-0.2, 0) is 0 Å². The van der Waals surface area contributed by atoms with E-state index in [1.165, 1.54) is 12.1 Å². The Balaban J connectivity index is 1.37. The molecule has 1 fully saturated rings. The molecule has 8 heteroatoms. The summed E-state index contributed by atoms with van der Waals surface area (Å²) in [5.74, 6) is -0.534. The Hall–Kier alpha value is -3.13. The van der Waals surface area contributed by atoms with Gasteiger partial charge in [-0.15, -0.1) is 0 Å². The van der Waals surface area contributed by atoms with Crippen LogP contribution in [0.1, 0.15) is 18.2 Å². The van der Waals surface area contributed by atoms with Crippen molar-refractivity contribution in [3.63, 3.8) is 0 Å². The Morgan fingerprint density at radius 2 is 1.83 bits per heavy atom. The van der Waals surface area contributed by atoms with Crippen LogP contribution in [0.25, 0.3) is 12.0 Å². The van der Waals surface area contributed by atoms with Gasteiger partial charge in [-0.2, -0.15) is 5.10 Å². The number of aromatic nitrogens is 4. The van der Waals surface area contributed by atoms with Crippen LogP contribution in [0.3, 0.4) is 0 Å². The lowest BCUT2D eigenvalue weighted by Crippen LogP contribution is -2.51. The lowest BCUT2D eigenvalue weighted by Gasteiger charge is -2.40. The van der Waals surface area contributed by atoms with Gasteiger partial charge < -0.3 is 4.90 Å². The first kappa shape index (κ1) is 20.2. The summed E-state index contributed by atoms with van der Waals surface area (Å²) < 4.78 is 28.8. The van der Waals surface area contributed by atoms with E-state index in [1.54, 1.807) is 23.1 Å². The van der Waals surface area contributed by atoms with Crippen LogP contribution >= 0.6 is 0 Å². The summed E-state index contributed by atoms with van der Waals surface area (Å²) in [6.45, 7) is 7.18. The Bertz CT molecular complexity index is 1010. The van der Waals surface area contributed by atoms with Gasteiger partial charge in [0.25, 0.3) is 5.95 Å². The average molecular weight is 410 g/mol. The normalized spacial score (nSPS) is 17.7. The van der Waals surface area contributed by atoms with Gasteiger partial charge in [0.2, 0.25) is 0 Å². The van der Waals surface area contributed by atoms with E-state index in [1.807, 2.05) is 18.0 Å². The van der Waals surface area contributed by atoms with Crippen molar-refractivity contribution in [2.45, 2.75) is 19.9 Å². The van der Waals surface area contributed by atoms with Gasteiger partial charge in [-0.1, -0.05) is 12.2 Å². The molecule has 0 aliphatic carbocycles. The zero-order chi connectivity index (χ0) is 21.1. The highest BCUT2D eigenvalue weighted by molar-refractivity contribution is 5.52. The fraction of sp³-hybridized carbons (Fsp3) is 0.318. The summed E-state index contributed by atoms with van der Waals surface area (Å²) in [5.41, 5.74) is 2.59. The van der Waals surface area contributed by atoms with Crippen LogP contribution < -0.4 is 4.90 Å². The van der Waals surface area contributed by atoms with E-state index < -0.39 is 11.6 Å². The molecule has 156 valence electrons. The molecule has 0 amide bonds. The number of hydrogen-bond donors (Lipinski definition) is 0. The molecule has 30 heavy (non-hydrogen) atoms. The molecule has 1 aliphatic rings. The Labute approximate surface area is 174 Å². The summed E-state index contributed by atoms with van der Waals surface area (Å²) in [7, 11) is 0. The van der Waals surface area contributed by atoms with Crippen LogP contribution in [0, 0.1) is 18.6 Å². The first-order valence-electron chi connectivity index (χ1n) is 9.95. The van der Waals surface area contributed by atoms with E-state index >= 15 is 0 Å². The molecule has 1 aromatic carbocycles. The van der Waals surface area contributed by atoms with E-state index in [4.69, 9.17) is 0 Å². The third-order valence-corrected chi connectivity index (χ3v) is 5.40. The van der Waals surface area contributed by atoms with Crippen molar-refractivity contribution >= 4 is 11.8 Å². The number of halogens is 2. The van der Waals surface area contributed by atoms with Crippen molar-refractivity contribution in [1.82, 2.24) is 24.6 Å². The van der Waals surface area contributed by atoms with Crippen molar-refractivity contribution in [1.29, 1.82) is 0 Å². The van der Waals surface area contributed by atoms with Crippen molar-refractivity contribution in [2.24, 2.45) is 0 Å². The van der Waals surface area contributed by atoms with Gasteiger partial charge in [0.05, 0.1) is 11.9 Å². The second-order valence-electron chi connectivity index (χ2n) is 7.47. The maximum atomic E-state index is 13.5. The Morgan fingerprint density at radius 1 is 1.10 bits per heavy atom. The summed E-state index contributed by atoms with van der Waals surface area (Å²) in [4.78, 5) is 12.9. The molecule has 3 heterocycles. The van der Waals surface area contributed by atoms with E-state index in [-0.39, 0.29) is 6.04 Å². The predicted molar refractivity (Wildman–Crippen MR) is 113 cm³/mol. The standard InChI is InChI=1S/C22H24F2N6/c1-16-15-29(21-12-19(23)11-20(24)13-21)10-9-28(16)8-3-5-18-14-27-30(17(18)2)22-25-6-4-7-26-22/h3-7,11-14,16H,8-10,15H2,1-2H3/b5-3+. The smallest absolute Gasteiger partial charge is 0.250 e. The van der Waals surface area contributed by atoms with E-state index in [9.17, 15) is 8.78 Å². The first-order chi connectivity index (χ1) is 14.5.